The minimum absolute atomic E-state index is 0.247. The molecule has 0 bridgehead atoms. The summed E-state index contributed by atoms with van der Waals surface area (Å²) < 4.78 is 0. The van der Waals surface area contributed by atoms with Crippen molar-refractivity contribution >= 4 is 6.03 Å². The predicted molar refractivity (Wildman–Crippen MR) is 76.9 cm³/mol. The first kappa shape index (κ1) is 16.0. The van der Waals surface area contributed by atoms with Crippen LogP contribution in [-0.2, 0) is 6.54 Å². The van der Waals surface area contributed by atoms with Crippen LogP contribution in [0.25, 0.3) is 0 Å². The van der Waals surface area contributed by atoms with Crippen molar-refractivity contribution in [2.75, 3.05) is 6.54 Å². The fourth-order valence-electron chi connectivity index (χ4n) is 1.78. The topological polar surface area (TPSA) is 85.2 Å². The van der Waals surface area contributed by atoms with Gasteiger partial charge in [0.05, 0.1) is 17.7 Å². The maximum atomic E-state index is 11.5. The van der Waals surface area contributed by atoms with E-state index in [-0.39, 0.29) is 12.6 Å². The predicted octanol–water partition coefficient (Wildman–Crippen LogP) is 1.76. The van der Waals surface area contributed by atoms with Gasteiger partial charge in [-0.1, -0.05) is 26.0 Å². The number of nitrogens with one attached hydrogen (secondary N) is 2. The van der Waals surface area contributed by atoms with Gasteiger partial charge in [-0.15, -0.1) is 0 Å². The highest BCUT2D eigenvalue weighted by Crippen LogP contribution is 2.04. The van der Waals surface area contributed by atoms with Crippen LogP contribution in [0.3, 0.4) is 0 Å². The highest BCUT2D eigenvalue weighted by molar-refractivity contribution is 5.73. The largest absolute Gasteiger partial charge is 0.391 e. The van der Waals surface area contributed by atoms with Crippen molar-refractivity contribution in [1.29, 1.82) is 5.26 Å². The maximum Gasteiger partial charge on any atom is 0.315 e. The highest BCUT2D eigenvalue weighted by atomic mass is 16.3. The molecular weight excluding hydrogens is 254 g/mol. The molecule has 1 aromatic rings. The van der Waals surface area contributed by atoms with Crippen molar-refractivity contribution < 1.29 is 9.90 Å². The molecule has 0 aliphatic heterocycles. The van der Waals surface area contributed by atoms with Gasteiger partial charge in [-0.05, 0) is 30.0 Å². The minimum Gasteiger partial charge on any atom is -0.391 e. The summed E-state index contributed by atoms with van der Waals surface area (Å²) in [6, 6.07) is 8.75. The van der Waals surface area contributed by atoms with Crippen LogP contribution in [0.2, 0.25) is 0 Å². The van der Waals surface area contributed by atoms with Crippen LogP contribution in [0.15, 0.2) is 24.3 Å². The Kier molecular flexibility index (Phi) is 6.54. The van der Waals surface area contributed by atoms with Crippen molar-refractivity contribution in [1.82, 2.24) is 10.6 Å². The molecule has 20 heavy (non-hydrogen) atoms. The number of benzene rings is 1. The van der Waals surface area contributed by atoms with E-state index in [1.54, 1.807) is 24.3 Å². The number of nitriles is 1. The van der Waals surface area contributed by atoms with E-state index >= 15 is 0 Å². The molecule has 2 amide bonds. The van der Waals surface area contributed by atoms with Gasteiger partial charge in [0.2, 0.25) is 0 Å². The summed E-state index contributed by atoms with van der Waals surface area (Å²) in [5.74, 6) is 0.397. The SMILES string of the molecule is CC(C)CC(O)CNC(=O)NCc1ccc(C#N)cc1. The molecule has 5 nitrogen and oxygen atoms in total. The smallest absolute Gasteiger partial charge is 0.315 e. The molecule has 0 fully saturated rings. The molecular formula is C15H21N3O2. The average Bonchev–Trinajstić information content (AvgIpc) is 2.42. The second-order valence-corrected chi connectivity index (χ2v) is 5.16. The third-order valence-corrected chi connectivity index (χ3v) is 2.78. The van der Waals surface area contributed by atoms with Crippen LogP contribution in [0.1, 0.15) is 31.4 Å². The van der Waals surface area contributed by atoms with Crippen LogP contribution in [-0.4, -0.2) is 23.8 Å². The molecule has 1 aromatic carbocycles. The minimum atomic E-state index is -0.518. The molecule has 0 aliphatic carbocycles. The van der Waals surface area contributed by atoms with Gasteiger partial charge in [0.25, 0.3) is 0 Å². The first-order valence-corrected chi connectivity index (χ1v) is 6.70. The van der Waals surface area contributed by atoms with E-state index < -0.39 is 6.10 Å². The van der Waals surface area contributed by atoms with E-state index in [0.717, 1.165) is 5.56 Å². The van der Waals surface area contributed by atoms with Gasteiger partial charge in [0.15, 0.2) is 0 Å². The van der Waals surface area contributed by atoms with E-state index in [1.807, 2.05) is 19.9 Å². The summed E-state index contributed by atoms with van der Waals surface area (Å²) in [4.78, 5) is 11.5. The van der Waals surface area contributed by atoms with Crippen LogP contribution in [0, 0.1) is 17.2 Å². The third-order valence-electron chi connectivity index (χ3n) is 2.78. The molecule has 108 valence electrons. The van der Waals surface area contributed by atoms with E-state index in [0.29, 0.717) is 24.4 Å². The molecule has 0 saturated carbocycles. The summed E-state index contributed by atoms with van der Waals surface area (Å²) >= 11 is 0. The number of aliphatic hydroxyl groups is 1. The average molecular weight is 275 g/mol. The zero-order valence-electron chi connectivity index (χ0n) is 11.9. The number of carbonyl (C=O) groups is 1. The number of hydrogen-bond acceptors (Lipinski definition) is 3. The zero-order chi connectivity index (χ0) is 15.0. The Labute approximate surface area is 119 Å². The van der Waals surface area contributed by atoms with Gasteiger partial charge in [-0.25, -0.2) is 4.79 Å². The van der Waals surface area contributed by atoms with E-state index in [9.17, 15) is 9.90 Å². The Bertz CT molecular complexity index is 463. The standard InChI is InChI=1S/C15H21N3O2/c1-11(2)7-14(19)10-18-15(20)17-9-13-5-3-12(8-16)4-6-13/h3-6,11,14,19H,7,9-10H2,1-2H3,(H2,17,18,20). The first-order valence-electron chi connectivity index (χ1n) is 6.70. The van der Waals surface area contributed by atoms with Crippen LogP contribution >= 0.6 is 0 Å². The monoisotopic (exact) mass is 275 g/mol. The van der Waals surface area contributed by atoms with E-state index in [1.165, 1.54) is 0 Å². The molecule has 1 atom stereocenters. The second-order valence-electron chi connectivity index (χ2n) is 5.16. The van der Waals surface area contributed by atoms with Gasteiger partial charge < -0.3 is 15.7 Å². The summed E-state index contributed by atoms with van der Waals surface area (Å²) in [6.45, 7) is 4.68. The third kappa shape index (κ3) is 6.21. The van der Waals surface area contributed by atoms with Crippen molar-refractivity contribution in [2.24, 2.45) is 5.92 Å². The van der Waals surface area contributed by atoms with E-state index in [2.05, 4.69) is 10.6 Å². The van der Waals surface area contributed by atoms with Crippen LogP contribution < -0.4 is 10.6 Å². The number of hydrogen-bond donors (Lipinski definition) is 3. The molecule has 1 rings (SSSR count). The molecule has 0 aliphatic rings. The molecule has 1 unspecified atom stereocenters. The number of nitrogens with zero attached hydrogens (tertiary/aromatic N) is 1. The maximum absolute atomic E-state index is 11.5. The number of urea groups is 1. The van der Waals surface area contributed by atoms with Gasteiger partial charge in [0.1, 0.15) is 0 Å². The summed E-state index contributed by atoms with van der Waals surface area (Å²) in [5.41, 5.74) is 1.51. The fourth-order valence-corrected chi connectivity index (χ4v) is 1.78. The lowest BCUT2D eigenvalue weighted by atomic mass is 10.1. The number of aliphatic hydroxyl groups excluding tert-OH is 1. The molecule has 0 saturated heterocycles. The van der Waals surface area contributed by atoms with E-state index in [4.69, 9.17) is 5.26 Å². The molecule has 3 N–H and O–H groups in total. The Hall–Kier alpha value is -2.06. The van der Waals surface area contributed by atoms with Crippen molar-refractivity contribution in [3.8, 4) is 6.07 Å². The summed E-state index contributed by atoms with van der Waals surface area (Å²) in [6.07, 6.45) is 0.145. The number of carbonyl (C=O) groups excluding carboxylic acids is 1. The Morgan fingerprint density at radius 3 is 2.50 bits per heavy atom. The van der Waals surface area contributed by atoms with Crippen molar-refractivity contribution in [3.63, 3.8) is 0 Å². The van der Waals surface area contributed by atoms with Crippen molar-refractivity contribution in [3.05, 3.63) is 35.4 Å². The summed E-state index contributed by atoms with van der Waals surface area (Å²) in [5, 5.41) is 23.6. The van der Waals surface area contributed by atoms with Crippen molar-refractivity contribution in [2.45, 2.75) is 32.9 Å². The van der Waals surface area contributed by atoms with Crippen LogP contribution in [0.5, 0.6) is 0 Å². The molecule has 0 aromatic heterocycles. The van der Waals surface area contributed by atoms with Gasteiger partial charge in [0, 0.05) is 13.1 Å². The Balaban J connectivity index is 2.27. The van der Waals surface area contributed by atoms with Gasteiger partial charge >= 0.3 is 6.03 Å². The van der Waals surface area contributed by atoms with Crippen LogP contribution in [0.4, 0.5) is 4.79 Å². The number of rotatable bonds is 6. The second kappa shape index (κ2) is 8.18. The lowest BCUT2D eigenvalue weighted by Gasteiger charge is -2.14. The number of amides is 2. The summed E-state index contributed by atoms with van der Waals surface area (Å²) in [7, 11) is 0. The zero-order valence-corrected chi connectivity index (χ0v) is 11.9. The Morgan fingerprint density at radius 1 is 1.30 bits per heavy atom. The van der Waals surface area contributed by atoms with Gasteiger partial charge in [-0.3, -0.25) is 0 Å². The molecule has 0 radical (unpaired) electrons. The lowest BCUT2D eigenvalue weighted by molar-refractivity contribution is 0.147. The normalized spacial score (nSPS) is 11.8. The Morgan fingerprint density at radius 2 is 1.95 bits per heavy atom. The first-order chi connectivity index (χ1) is 9.51. The lowest BCUT2D eigenvalue weighted by Crippen LogP contribution is -2.39. The van der Waals surface area contributed by atoms with Gasteiger partial charge in [-0.2, -0.15) is 5.26 Å². The highest BCUT2D eigenvalue weighted by Gasteiger charge is 2.08. The fraction of sp³-hybridized carbons (Fsp3) is 0.467. The quantitative estimate of drug-likeness (QED) is 0.739. The molecule has 0 spiro atoms. The molecule has 5 heteroatoms. The molecule has 0 heterocycles.